The van der Waals surface area contributed by atoms with E-state index in [1.54, 1.807) is 12.1 Å². The summed E-state index contributed by atoms with van der Waals surface area (Å²) in [5, 5.41) is 0. The molecule has 3 aliphatic carbocycles. The average molecular weight is 278 g/mol. The van der Waals surface area contributed by atoms with Crippen LogP contribution in [0.4, 0.5) is 0 Å². The van der Waals surface area contributed by atoms with Crippen LogP contribution < -0.4 is 0 Å². The minimum Gasteiger partial charge on any atom is -0.263 e. The molecule has 3 aliphatic rings. The molecule has 0 bridgehead atoms. The topological polar surface area (TPSA) is 43.4 Å². The van der Waals surface area contributed by atoms with Crippen molar-refractivity contribution < 1.29 is 12.6 Å². The van der Waals surface area contributed by atoms with Crippen LogP contribution in [0.2, 0.25) is 0 Å². The molecule has 0 spiro atoms. The molecule has 3 fully saturated rings. The molecule has 1 aromatic carbocycles. The van der Waals surface area contributed by atoms with Crippen molar-refractivity contribution >= 4 is 10.1 Å². The molecule has 0 unspecified atom stereocenters. The van der Waals surface area contributed by atoms with Gasteiger partial charge in [-0.05, 0) is 62.0 Å². The van der Waals surface area contributed by atoms with Gasteiger partial charge in [0, 0.05) is 0 Å². The largest absolute Gasteiger partial charge is 0.297 e. The second-order valence-electron chi connectivity index (χ2n) is 6.28. The molecule has 4 rings (SSSR count). The molecule has 5 atom stereocenters. The standard InChI is InChI=1S/C15H18O3S/c1-9-2-4-10(5-3-9)19(16,17)18-14-8-13-11-6-7-12(11)15(13)14/h2-5,11-15H,6-8H2,1H3/t11-,12-,13-,14+,15-/m0/s1. The molecule has 0 aliphatic heterocycles. The highest BCUT2D eigenvalue weighted by Gasteiger charge is 2.65. The molecule has 3 nitrogen and oxygen atoms in total. The minimum atomic E-state index is -3.58. The summed E-state index contributed by atoms with van der Waals surface area (Å²) < 4.78 is 29.9. The van der Waals surface area contributed by atoms with Crippen LogP contribution in [0.15, 0.2) is 29.2 Å². The number of hydrogen-bond donors (Lipinski definition) is 0. The van der Waals surface area contributed by atoms with Crippen molar-refractivity contribution in [2.24, 2.45) is 23.7 Å². The fraction of sp³-hybridized carbons (Fsp3) is 0.600. The van der Waals surface area contributed by atoms with Crippen LogP contribution in [0.25, 0.3) is 0 Å². The predicted molar refractivity (Wildman–Crippen MR) is 71.0 cm³/mol. The third-order valence-corrected chi connectivity index (χ3v) is 6.77. The Bertz CT molecular complexity index is 599. The van der Waals surface area contributed by atoms with Gasteiger partial charge in [0.25, 0.3) is 10.1 Å². The van der Waals surface area contributed by atoms with Gasteiger partial charge in [0.15, 0.2) is 0 Å². The minimum absolute atomic E-state index is 0.0575. The lowest BCUT2D eigenvalue weighted by atomic mass is 9.38. The van der Waals surface area contributed by atoms with Crippen LogP contribution in [0.1, 0.15) is 24.8 Å². The van der Waals surface area contributed by atoms with Gasteiger partial charge in [0.1, 0.15) is 0 Å². The summed E-state index contributed by atoms with van der Waals surface area (Å²) >= 11 is 0. The van der Waals surface area contributed by atoms with Crippen LogP contribution in [0, 0.1) is 30.6 Å². The molecular formula is C15H18O3S. The summed E-state index contributed by atoms with van der Waals surface area (Å²) in [4.78, 5) is 0.283. The van der Waals surface area contributed by atoms with Crippen LogP contribution in [-0.4, -0.2) is 14.5 Å². The Kier molecular flexibility index (Phi) is 2.40. The van der Waals surface area contributed by atoms with Crippen molar-refractivity contribution in [3.8, 4) is 0 Å². The van der Waals surface area contributed by atoms with E-state index in [4.69, 9.17) is 4.18 Å². The summed E-state index contributed by atoms with van der Waals surface area (Å²) in [6.07, 6.45) is 3.51. The van der Waals surface area contributed by atoms with Crippen LogP contribution in [0.3, 0.4) is 0 Å². The first-order chi connectivity index (χ1) is 9.06. The smallest absolute Gasteiger partial charge is 0.263 e. The number of benzene rings is 1. The second-order valence-corrected chi connectivity index (χ2v) is 7.86. The van der Waals surface area contributed by atoms with E-state index in [1.807, 2.05) is 19.1 Å². The Hall–Kier alpha value is -0.870. The fourth-order valence-electron chi connectivity index (χ4n) is 4.16. The molecular weight excluding hydrogens is 260 g/mol. The lowest BCUT2D eigenvalue weighted by Gasteiger charge is -2.68. The molecule has 0 heterocycles. The number of fused-ring (bicyclic) bond motifs is 4. The Balaban J connectivity index is 1.49. The Morgan fingerprint density at radius 2 is 1.74 bits per heavy atom. The first-order valence-electron chi connectivity index (χ1n) is 7.06. The monoisotopic (exact) mass is 278 g/mol. The summed E-state index contributed by atoms with van der Waals surface area (Å²) in [6.45, 7) is 1.94. The Morgan fingerprint density at radius 3 is 2.32 bits per heavy atom. The Labute approximate surface area is 114 Å². The van der Waals surface area contributed by atoms with Gasteiger partial charge >= 0.3 is 0 Å². The average Bonchev–Trinajstić information content (AvgIpc) is 2.33. The predicted octanol–water partition coefficient (Wildman–Crippen LogP) is 2.74. The molecule has 102 valence electrons. The molecule has 0 aromatic heterocycles. The van der Waals surface area contributed by atoms with Crippen molar-refractivity contribution in [2.75, 3.05) is 0 Å². The highest BCUT2D eigenvalue weighted by Crippen LogP contribution is 2.67. The maximum absolute atomic E-state index is 12.2. The van der Waals surface area contributed by atoms with Crippen molar-refractivity contribution in [3.05, 3.63) is 29.8 Å². The highest BCUT2D eigenvalue weighted by molar-refractivity contribution is 7.86. The van der Waals surface area contributed by atoms with E-state index in [-0.39, 0.29) is 11.0 Å². The van der Waals surface area contributed by atoms with E-state index in [0.717, 1.165) is 29.7 Å². The van der Waals surface area contributed by atoms with E-state index in [9.17, 15) is 8.42 Å². The SMILES string of the molecule is Cc1ccc(S(=O)(=O)O[C@@H]2C[C@H]3[C@H]4CC[C@@H]4[C@@H]32)cc1. The number of aryl methyl sites for hydroxylation is 1. The number of rotatable bonds is 3. The van der Waals surface area contributed by atoms with Gasteiger partial charge in [-0.15, -0.1) is 0 Å². The maximum Gasteiger partial charge on any atom is 0.297 e. The third kappa shape index (κ3) is 1.62. The highest BCUT2D eigenvalue weighted by atomic mass is 32.2. The zero-order valence-electron chi connectivity index (χ0n) is 11.0. The van der Waals surface area contributed by atoms with Gasteiger partial charge in [-0.1, -0.05) is 17.7 Å². The van der Waals surface area contributed by atoms with Gasteiger partial charge in [-0.25, -0.2) is 0 Å². The van der Waals surface area contributed by atoms with Gasteiger partial charge < -0.3 is 0 Å². The Morgan fingerprint density at radius 1 is 1.05 bits per heavy atom. The lowest BCUT2D eigenvalue weighted by molar-refractivity contribution is -0.222. The van der Waals surface area contributed by atoms with Gasteiger partial charge in [0.05, 0.1) is 11.0 Å². The molecule has 0 radical (unpaired) electrons. The summed E-state index contributed by atoms with van der Waals surface area (Å²) in [6, 6.07) is 6.89. The maximum atomic E-state index is 12.2. The molecule has 19 heavy (non-hydrogen) atoms. The van der Waals surface area contributed by atoms with Crippen molar-refractivity contribution in [1.82, 2.24) is 0 Å². The molecule has 4 heteroatoms. The molecule has 0 amide bonds. The first kappa shape index (κ1) is 11.9. The molecule has 3 saturated carbocycles. The second kappa shape index (κ2) is 3.83. The van der Waals surface area contributed by atoms with E-state index in [1.165, 1.54) is 12.8 Å². The summed E-state index contributed by atoms with van der Waals surface area (Å²) in [5.41, 5.74) is 1.05. The van der Waals surface area contributed by atoms with Crippen molar-refractivity contribution in [3.63, 3.8) is 0 Å². The van der Waals surface area contributed by atoms with Gasteiger partial charge in [-0.2, -0.15) is 8.42 Å². The van der Waals surface area contributed by atoms with E-state index < -0.39 is 10.1 Å². The van der Waals surface area contributed by atoms with Crippen molar-refractivity contribution in [1.29, 1.82) is 0 Å². The molecule has 1 aromatic rings. The lowest BCUT2D eigenvalue weighted by Crippen LogP contribution is -2.66. The summed E-state index contributed by atoms with van der Waals surface area (Å²) in [7, 11) is -3.58. The van der Waals surface area contributed by atoms with Crippen LogP contribution in [-0.2, 0) is 14.3 Å². The first-order valence-corrected chi connectivity index (χ1v) is 8.47. The van der Waals surface area contributed by atoms with Crippen LogP contribution in [0.5, 0.6) is 0 Å². The van der Waals surface area contributed by atoms with Crippen LogP contribution >= 0.6 is 0 Å². The fourth-order valence-corrected chi connectivity index (χ4v) is 5.27. The van der Waals surface area contributed by atoms with Gasteiger partial charge in [-0.3, -0.25) is 4.18 Å². The van der Waals surface area contributed by atoms with Gasteiger partial charge in [0.2, 0.25) is 0 Å². The summed E-state index contributed by atoms with van der Waals surface area (Å²) in [5.74, 6) is 2.94. The number of hydrogen-bond acceptors (Lipinski definition) is 3. The van der Waals surface area contributed by atoms with Crippen molar-refractivity contribution in [2.45, 2.75) is 37.2 Å². The molecule has 0 saturated heterocycles. The zero-order valence-corrected chi connectivity index (χ0v) is 11.8. The quantitative estimate of drug-likeness (QED) is 0.798. The zero-order chi connectivity index (χ0) is 13.2. The molecule has 0 N–H and O–H groups in total. The van der Waals surface area contributed by atoms with E-state index in [2.05, 4.69) is 0 Å². The third-order valence-electron chi connectivity index (χ3n) is 5.42. The van der Waals surface area contributed by atoms with E-state index >= 15 is 0 Å². The van der Waals surface area contributed by atoms with E-state index in [0.29, 0.717) is 5.92 Å². The normalized spacial score (nSPS) is 39.3.